The zero-order valence-corrected chi connectivity index (χ0v) is 12.4. The molecule has 1 amide bonds. The Labute approximate surface area is 131 Å². The molecule has 20 heavy (non-hydrogen) atoms. The smallest absolute Gasteiger partial charge is 0.267 e. The van der Waals surface area contributed by atoms with Gasteiger partial charge in [0.1, 0.15) is 0 Å². The van der Waals surface area contributed by atoms with E-state index < -0.39 is 5.91 Å². The molecule has 6 heteroatoms. The summed E-state index contributed by atoms with van der Waals surface area (Å²) in [6.45, 7) is 0. The van der Waals surface area contributed by atoms with Gasteiger partial charge in [0.15, 0.2) is 0 Å². The SMILES string of the molecule is O=C(N/N=C/c1ccccc1Cl)c1ccc(Cl)cc1Cl. The fourth-order valence-electron chi connectivity index (χ4n) is 1.47. The molecule has 0 aliphatic heterocycles. The lowest BCUT2D eigenvalue weighted by atomic mass is 10.2. The Balaban J connectivity index is 2.07. The fourth-order valence-corrected chi connectivity index (χ4v) is 2.15. The molecule has 1 N–H and O–H groups in total. The van der Waals surface area contributed by atoms with E-state index >= 15 is 0 Å². The fraction of sp³-hybridized carbons (Fsp3) is 0. The summed E-state index contributed by atoms with van der Waals surface area (Å²) in [6.07, 6.45) is 1.46. The maximum Gasteiger partial charge on any atom is 0.272 e. The van der Waals surface area contributed by atoms with Crippen LogP contribution in [0.15, 0.2) is 47.6 Å². The van der Waals surface area contributed by atoms with Gasteiger partial charge >= 0.3 is 0 Å². The van der Waals surface area contributed by atoms with Crippen LogP contribution in [-0.2, 0) is 0 Å². The molecule has 0 atom stereocenters. The van der Waals surface area contributed by atoms with E-state index in [0.717, 1.165) is 0 Å². The van der Waals surface area contributed by atoms with Crippen LogP contribution in [0.3, 0.4) is 0 Å². The zero-order valence-electron chi connectivity index (χ0n) is 10.1. The highest BCUT2D eigenvalue weighted by Crippen LogP contribution is 2.20. The van der Waals surface area contributed by atoms with Crippen LogP contribution in [0.5, 0.6) is 0 Å². The molecule has 102 valence electrons. The van der Waals surface area contributed by atoms with Crippen molar-refractivity contribution < 1.29 is 4.79 Å². The van der Waals surface area contributed by atoms with Crippen LogP contribution in [0.4, 0.5) is 0 Å². The predicted octanol–water partition coefficient (Wildman–Crippen LogP) is 4.41. The molecule has 2 aromatic carbocycles. The summed E-state index contributed by atoms with van der Waals surface area (Å²) in [5.41, 5.74) is 3.38. The summed E-state index contributed by atoms with van der Waals surface area (Å²) >= 11 is 17.6. The van der Waals surface area contributed by atoms with Gasteiger partial charge in [0.05, 0.1) is 16.8 Å². The van der Waals surface area contributed by atoms with Gasteiger partial charge < -0.3 is 0 Å². The molecule has 0 aromatic heterocycles. The summed E-state index contributed by atoms with van der Waals surface area (Å²) in [7, 11) is 0. The number of amides is 1. The summed E-state index contributed by atoms with van der Waals surface area (Å²) in [5.74, 6) is -0.421. The van der Waals surface area contributed by atoms with Crippen molar-refractivity contribution in [3.63, 3.8) is 0 Å². The molecule has 0 fully saturated rings. The minimum atomic E-state index is -0.421. The number of hydrogen-bond acceptors (Lipinski definition) is 2. The number of halogens is 3. The highest BCUT2D eigenvalue weighted by Gasteiger charge is 2.09. The second kappa shape index (κ2) is 6.75. The quantitative estimate of drug-likeness (QED) is 0.658. The van der Waals surface area contributed by atoms with Crippen LogP contribution in [0.25, 0.3) is 0 Å². The van der Waals surface area contributed by atoms with Gasteiger partial charge in [-0.25, -0.2) is 5.43 Å². The topological polar surface area (TPSA) is 41.5 Å². The summed E-state index contributed by atoms with van der Waals surface area (Å²) in [6, 6.07) is 11.8. The highest BCUT2D eigenvalue weighted by atomic mass is 35.5. The van der Waals surface area contributed by atoms with Crippen molar-refractivity contribution in [2.24, 2.45) is 5.10 Å². The maximum atomic E-state index is 11.9. The van der Waals surface area contributed by atoms with E-state index in [1.54, 1.807) is 18.2 Å². The third kappa shape index (κ3) is 3.73. The molecule has 2 aromatic rings. The Morgan fingerprint density at radius 2 is 1.80 bits per heavy atom. The molecule has 0 saturated heterocycles. The van der Waals surface area contributed by atoms with Gasteiger partial charge in [-0.1, -0.05) is 53.0 Å². The molecule has 2 rings (SSSR count). The minimum absolute atomic E-state index is 0.267. The van der Waals surface area contributed by atoms with E-state index in [1.807, 2.05) is 12.1 Å². The van der Waals surface area contributed by atoms with Gasteiger partial charge in [-0.3, -0.25) is 4.79 Å². The van der Waals surface area contributed by atoms with Gasteiger partial charge in [-0.15, -0.1) is 0 Å². The van der Waals surface area contributed by atoms with E-state index in [-0.39, 0.29) is 5.02 Å². The molecule has 0 heterocycles. The number of carbonyl (C=O) groups excluding carboxylic acids is 1. The van der Waals surface area contributed by atoms with E-state index in [0.29, 0.717) is 21.2 Å². The number of benzene rings is 2. The van der Waals surface area contributed by atoms with Crippen LogP contribution >= 0.6 is 34.8 Å². The average molecular weight is 328 g/mol. The number of hydrazone groups is 1. The third-order valence-corrected chi connectivity index (χ3v) is 3.34. The molecular weight excluding hydrogens is 319 g/mol. The first-order valence-electron chi connectivity index (χ1n) is 5.61. The number of nitrogens with zero attached hydrogens (tertiary/aromatic N) is 1. The normalized spacial score (nSPS) is 10.8. The highest BCUT2D eigenvalue weighted by molar-refractivity contribution is 6.36. The van der Waals surface area contributed by atoms with Gasteiger partial charge in [-0.05, 0) is 24.3 Å². The summed E-state index contributed by atoms with van der Waals surface area (Å²) in [5, 5.41) is 5.12. The van der Waals surface area contributed by atoms with Crippen LogP contribution in [0.2, 0.25) is 15.1 Å². The molecule has 0 spiro atoms. The second-order valence-corrected chi connectivity index (χ2v) is 5.10. The lowest BCUT2D eigenvalue weighted by Crippen LogP contribution is -2.18. The maximum absolute atomic E-state index is 11.9. The van der Waals surface area contributed by atoms with Crippen LogP contribution < -0.4 is 5.43 Å². The Kier molecular flexibility index (Phi) is 5.01. The van der Waals surface area contributed by atoms with Gasteiger partial charge in [0.2, 0.25) is 0 Å². The standard InChI is InChI=1S/C14H9Cl3N2O/c15-10-5-6-11(13(17)7-10)14(20)19-18-8-9-3-1-2-4-12(9)16/h1-8H,(H,19,20)/b18-8+. The van der Waals surface area contributed by atoms with E-state index in [4.69, 9.17) is 34.8 Å². The lowest BCUT2D eigenvalue weighted by Gasteiger charge is -2.03. The Bertz CT molecular complexity index is 671. The van der Waals surface area contributed by atoms with Gasteiger partial charge in [-0.2, -0.15) is 5.10 Å². The number of nitrogens with one attached hydrogen (secondary N) is 1. The Morgan fingerprint density at radius 3 is 2.50 bits per heavy atom. The summed E-state index contributed by atoms with van der Waals surface area (Å²) in [4.78, 5) is 11.9. The van der Waals surface area contributed by atoms with E-state index in [9.17, 15) is 4.79 Å². The number of hydrogen-bond donors (Lipinski definition) is 1. The monoisotopic (exact) mass is 326 g/mol. The van der Waals surface area contributed by atoms with Crippen molar-refractivity contribution in [3.8, 4) is 0 Å². The van der Waals surface area contributed by atoms with Gasteiger partial charge in [0.25, 0.3) is 5.91 Å². The van der Waals surface area contributed by atoms with Crippen molar-refractivity contribution >= 4 is 46.9 Å². The van der Waals surface area contributed by atoms with Gasteiger partial charge in [0, 0.05) is 15.6 Å². The van der Waals surface area contributed by atoms with Crippen molar-refractivity contribution in [1.82, 2.24) is 5.43 Å². The van der Waals surface area contributed by atoms with Crippen molar-refractivity contribution in [2.75, 3.05) is 0 Å². The van der Waals surface area contributed by atoms with Crippen molar-refractivity contribution in [3.05, 3.63) is 68.7 Å². The molecule has 0 aliphatic carbocycles. The number of carbonyl (C=O) groups is 1. The molecule has 0 aliphatic rings. The lowest BCUT2D eigenvalue weighted by molar-refractivity contribution is 0.0955. The van der Waals surface area contributed by atoms with E-state index in [1.165, 1.54) is 18.3 Å². The second-order valence-electron chi connectivity index (χ2n) is 3.84. The molecule has 0 bridgehead atoms. The first kappa shape index (κ1) is 14.9. The molecule has 0 unspecified atom stereocenters. The predicted molar refractivity (Wildman–Crippen MR) is 83.0 cm³/mol. The first-order valence-corrected chi connectivity index (χ1v) is 6.74. The molecule has 0 radical (unpaired) electrons. The molecular formula is C14H9Cl3N2O. The van der Waals surface area contributed by atoms with Crippen molar-refractivity contribution in [1.29, 1.82) is 0 Å². The third-order valence-electron chi connectivity index (χ3n) is 2.45. The van der Waals surface area contributed by atoms with Crippen LogP contribution in [0.1, 0.15) is 15.9 Å². The molecule has 3 nitrogen and oxygen atoms in total. The van der Waals surface area contributed by atoms with Crippen molar-refractivity contribution in [2.45, 2.75) is 0 Å². The number of rotatable bonds is 3. The summed E-state index contributed by atoms with van der Waals surface area (Å²) < 4.78 is 0. The van der Waals surface area contributed by atoms with E-state index in [2.05, 4.69) is 10.5 Å². The minimum Gasteiger partial charge on any atom is -0.267 e. The largest absolute Gasteiger partial charge is 0.272 e. The zero-order chi connectivity index (χ0) is 14.5. The average Bonchev–Trinajstić information content (AvgIpc) is 2.40. The Hall–Kier alpha value is -1.55. The van der Waals surface area contributed by atoms with Crippen LogP contribution in [-0.4, -0.2) is 12.1 Å². The molecule has 0 saturated carbocycles. The Morgan fingerprint density at radius 1 is 1.05 bits per heavy atom. The first-order chi connectivity index (χ1) is 9.58. The van der Waals surface area contributed by atoms with Crippen LogP contribution in [0, 0.1) is 0 Å².